The minimum Gasteiger partial charge on any atom is -0.379 e. The van der Waals surface area contributed by atoms with Gasteiger partial charge in [-0.25, -0.2) is 13.1 Å². The number of sulfone groups is 1. The molecule has 1 saturated heterocycles. The zero-order valence-corrected chi connectivity index (χ0v) is 12.5. The summed E-state index contributed by atoms with van der Waals surface area (Å²) in [5.74, 6) is 0.275. The lowest BCUT2D eigenvalue weighted by atomic mass is 10.2. The van der Waals surface area contributed by atoms with Crippen LogP contribution in [0.25, 0.3) is 0 Å². The molecule has 0 aromatic carbocycles. The summed E-state index contributed by atoms with van der Waals surface area (Å²) < 4.78 is 24.3. The molecule has 0 radical (unpaired) electrons. The maximum Gasteiger partial charge on any atom is 0.287 e. The number of aromatic nitrogens is 2. The van der Waals surface area contributed by atoms with Gasteiger partial charge in [-0.15, -0.1) is 6.58 Å². The van der Waals surface area contributed by atoms with Crippen molar-refractivity contribution in [2.24, 2.45) is 0 Å². The summed E-state index contributed by atoms with van der Waals surface area (Å²) in [5, 5.41) is 6.99. The normalized spacial score (nSPS) is 21.4. The van der Waals surface area contributed by atoms with Crippen molar-refractivity contribution in [2.75, 3.05) is 16.8 Å². The van der Waals surface area contributed by atoms with Crippen LogP contribution in [0.5, 0.6) is 0 Å². The largest absolute Gasteiger partial charge is 0.379 e. The van der Waals surface area contributed by atoms with Crippen molar-refractivity contribution in [1.82, 2.24) is 9.78 Å². The first kappa shape index (κ1) is 15.1. The van der Waals surface area contributed by atoms with E-state index in [4.69, 9.17) is 11.6 Å². The number of hydrogen-bond acceptors (Lipinski definition) is 5. The number of rotatable bonds is 4. The molecule has 1 aromatic rings. The summed E-state index contributed by atoms with van der Waals surface area (Å²) in [5.41, 5.74) is -0.0469. The molecule has 1 atom stereocenters. The van der Waals surface area contributed by atoms with E-state index >= 15 is 0 Å². The summed E-state index contributed by atoms with van der Waals surface area (Å²) >= 11 is 6.00. The van der Waals surface area contributed by atoms with Crippen LogP contribution in [-0.2, 0) is 16.4 Å². The van der Waals surface area contributed by atoms with Gasteiger partial charge in [0.15, 0.2) is 9.84 Å². The smallest absolute Gasteiger partial charge is 0.287 e. The van der Waals surface area contributed by atoms with Crippen LogP contribution in [-0.4, -0.2) is 35.7 Å². The lowest BCUT2D eigenvalue weighted by Gasteiger charge is -2.24. The third-order valence-corrected chi connectivity index (χ3v) is 5.30. The van der Waals surface area contributed by atoms with Gasteiger partial charge in [0.1, 0.15) is 5.02 Å². The standard InChI is InChI=1S/C12H16ClN3O3S/c1-2-5-16-12(17)11(13)10(7-14-16)15-9-4-3-6-20(18,19)8-9/h2,7,9,15H,1,3-6,8H2. The number of nitrogens with zero attached hydrogens (tertiary/aromatic N) is 2. The molecule has 1 aliphatic heterocycles. The monoisotopic (exact) mass is 317 g/mol. The third kappa shape index (κ3) is 3.40. The summed E-state index contributed by atoms with van der Waals surface area (Å²) in [4.78, 5) is 11.9. The van der Waals surface area contributed by atoms with Crippen LogP contribution in [0.2, 0.25) is 5.02 Å². The van der Waals surface area contributed by atoms with E-state index in [0.29, 0.717) is 12.1 Å². The van der Waals surface area contributed by atoms with E-state index in [9.17, 15) is 13.2 Å². The summed E-state index contributed by atoms with van der Waals surface area (Å²) in [6, 6.07) is -0.234. The molecule has 6 nitrogen and oxygen atoms in total. The lowest BCUT2D eigenvalue weighted by Crippen LogP contribution is -2.35. The van der Waals surface area contributed by atoms with Crippen LogP contribution >= 0.6 is 11.6 Å². The van der Waals surface area contributed by atoms with Gasteiger partial charge in [-0.3, -0.25) is 4.79 Å². The van der Waals surface area contributed by atoms with Crippen LogP contribution in [0.1, 0.15) is 12.8 Å². The van der Waals surface area contributed by atoms with Gasteiger partial charge < -0.3 is 5.32 Å². The summed E-state index contributed by atoms with van der Waals surface area (Å²) in [6.45, 7) is 3.81. The maximum atomic E-state index is 11.9. The molecule has 0 saturated carbocycles. The van der Waals surface area contributed by atoms with Crippen LogP contribution in [0.4, 0.5) is 5.69 Å². The second-order valence-electron chi connectivity index (χ2n) is 4.75. The molecule has 0 bridgehead atoms. The Morgan fingerprint density at radius 1 is 1.60 bits per heavy atom. The fraction of sp³-hybridized carbons (Fsp3) is 0.500. The Morgan fingerprint density at radius 2 is 2.35 bits per heavy atom. The van der Waals surface area contributed by atoms with Gasteiger partial charge in [-0.1, -0.05) is 17.7 Å². The molecule has 2 heterocycles. The molecular weight excluding hydrogens is 302 g/mol. The van der Waals surface area contributed by atoms with Gasteiger partial charge >= 0.3 is 0 Å². The van der Waals surface area contributed by atoms with E-state index in [2.05, 4.69) is 17.0 Å². The van der Waals surface area contributed by atoms with Crippen LogP contribution in [0.15, 0.2) is 23.6 Å². The third-order valence-electron chi connectivity index (χ3n) is 3.11. The van der Waals surface area contributed by atoms with E-state index in [1.807, 2.05) is 0 Å². The van der Waals surface area contributed by atoms with Crippen molar-refractivity contribution in [3.05, 3.63) is 34.2 Å². The SMILES string of the molecule is C=CCn1ncc(NC2CCCS(=O)(=O)C2)c(Cl)c1=O. The number of hydrogen-bond donors (Lipinski definition) is 1. The lowest BCUT2D eigenvalue weighted by molar-refractivity contribution is 0.561. The molecule has 1 aromatic heterocycles. The highest BCUT2D eigenvalue weighted by Crippen LogP contribution is 2.21. The number of anilines is 1. The molecule has 2 rings (SSSR count). The highest BCUT2D eigenvalue weighted by Gasteiger charge is 2.25. The first-order valence-electron chi connectivity index (χ1n) is 6.26. The molecule has 20 heavy (non-hydrogen) atoms. The first-order chi connectivity index (χ1) is 9.43. The Balaban J connectivity index is 2.20. The minimum absolute atomic E-state index is 0.0184. The number of nitrogens with one attached hydrogen (secondary N) is 1. The van der Waals surface area contributed by atoms with Crippen LogP contribution in [0.3, 0.4) is 0 Å². The van der Waals surface area contributed by atoms with Gasteiger partial charge in [0.05, 0.1) is 29.9 Å². The van der Waals surface area contributed by atoms with Gasteiger partial charge in [0.2, 0.25) is 0 Å². The topological polar surface area (TPSA) is 81.1 Å². The second kappa shape index (κ2) is 5.97. The molecule has 0 spiro atoms. The Bertz CT molecular complexity index is 669. The Kier molecular flexibility index (Phi) is 4.49. The van der Waals surface area contributed by atoms with Crippen LogP contribution in [0, 0.1) is 0 Å². The van der Waals surface area contributed by atoms with Crippen molar-refractivity contribution >= 4 is 27.1 Å². The van der Waals surface area contributed by atoms with Crippen molar-refractivity contribution in [1.29, 1.82) is 0 Å². The van der Waals surface area contributed by atoms with Gasteiger partial charge in [-0.05, 0) is 12.8 Å². The molecule has 110 valence electrons. The molecule has 0 amide bonds. The fourth-order valence-corrected chi connectivity index (χ4v) is 4.01. The van der Waals surface area contributed by atoms with Crippen LogP contribution < -0.4 is 10.9 Å². The zero-order valence-electron chi connectivity index (χ0n) is 10.9. The molecule has 1 unspecified atom stereocenters. The van der Waals surface area contributed by atoms with Crippen molar-refractivity contribution in [2.45, 2.75) is 25.4 Å². The average Bonchev–Trinajstić information content (AvgIpc) is 2.37. The molecule has 1 fully saturated rings. The second-order valence-corrected chi connectivity index (χ2v) is 7.35. The summed E-state index contributed by atoms with van der Waals surface area (Å²) in [6.07, 6.45) is 4.32. The predicted octanol–water partition coefficient (Wildman–Crippen LogP) is 1.07. The number of allylic oxidation sites excluding steroid dienone is 1. The van der Waals surface area contributed by atoms with Gasteiger partial charge in [-0.2, -0.15) is 5.10 Å². The maximum absolute atomic E-state index is 11.9. The van der Waals surface area contributed by atoms with E-state index in [1.165, 1.54) is 10.9 Å². The van der Waals surface area contributed by atoms with Gasteiger partial charge in [0.25, 0.3) is 5.56 Å². The molecule has 1 aliphatic rings. The van der Waals surface area contributed by atoms with E-state index in [0.717, 1.165) is 6.42 Å². The highest BCUT2D eigenvalue weighted by atomic mass is 35.5. The van der Waals surface area contributed by atoms with Crippen molar-refractivity contribution < 1.29 is 8.42 Å². The zero-order chi connectivity index (χ0) is 14.8. The van der Waals surface area contributed by atoms with E-state index in [-0.39, 0.29) is 29.1 Å². The Labute approximate surface area is 122 Å². The predicted molar refractivity (Wildman–Crippen MR) is 79.0 cm³/mol. The minimum atomic E-state index is -3.01. The first-order valence-corrected chi connectivity index (χ1v) is 8.46. The Morgan fingerprint density at radius 3 is 3.00 bits per heavy atom. The molecule has 1 N–H and O–H groups in total. The molecule has 0 aliphatic carbocycles. The Hall–Kier alpha value is -1.34. The quantitative estimate of drug-likeness (QED) is 0.840. The van der Waals surface area contributed by atoms with E-state index < -0.39 is 15.4 Å². The number of halogens is 1. The average molecular weight is 318 g/mol. The molecule has 8 heteroatoms. The van der Waals surface area contributed by atoms with Crippen molar-refractivity contribution in [3.8, 4) is 0 Å². The molecular formula is C12H16ClN3O3S. The highest BCUT2D eigenvalue weighted by molar-refractivity contribution is 7.91. The van der Waals surface area contributed by atoms with Crippen molar-refractivity contribution in [3.63, 3.8) is 0 Å². The van der Waals surface area contributed by atoms with E-state index in [1.54, 1.807) is 6.08 Å². The fourth-order valence-electron chi connectivity index (χ4n) is 2.17. The van der Waals surface area contributed by atoms with Gasteiger partial charge in [0, 0.05) is 6.04 Å². The summed E-state index contributed by atoms with van der Waals surface area (Å²) in [7, 11) is -3.01.